The molecule has 1 N–H and O–H groups in total. The number of anilines is 1. The molecule has 2 aromatic rings. The molecule has 0 saturated carbocycles. The van der Waals surface area contributed by atoms with E-state index in [9.17, 15) is 9.59 Å². The minimum absolute atomic E-state index is 0.00913. The van der Waals surface area contributed by atoms with Gasteiger partial charge in [-0.3, -0.25) is 14.5 Å². The first kappa shape index (κ1) is 24.7. The average molecular weight is 488 g/mol. The van der Waals surface area contributed by atoms with E-state index in [4.69, 9.17) is 21.1 Å². The van der Waals surface area contributed by atoms with E-state index in [0.717, 1.165) is 11.3 Å². The van der Waals surface area contributed by atoms with Crippen LogP contribution in [-0.2, 0) is 9.59 Å². The van der Waals surface area contributed by atoms with Gasteiger partial charge in [-0.25, -0.2) is 4.99 Å². The molecule has 33 heavy (non-hydrogen) atoms. The second-order valence-electron chi connectivity index (χ2n) is 7.58. The van der Waals surface area contributed by atoms with Crippen molar-refractivity contribution in [2.45, 2.75) is 32.1 Å². The molecular formula is C24H26ClN3O4S. The number of amides is 2. The first-order valence-electron chi connectivity index (χ1n) is 10.3. The zero-order chi connectivity index (χ0) is 24.1. The van der Waals surface area contributed by atoms with Crippen LogP contribution in [0.3, 0.4) is 0 Å². The zero-order valence-corrected chi connectivity index (χ0v) is 20.7. The zero-order valence-electron chi connectivity index (χ0n) is 19.1. The number of rotatable bonds is 7. The van der Waals surface area contributed by atoms with Crippen LogP contribution < -0.4 is 19.7 Å². The van der Waals surface area contributed by atoms with Crippen molar-refractivity contribution in [3.63, 3.8) is 0 Å². The summed E-state index contributed by atoms with van der Waals surface area (Å²) in [7, 11) is 3.10. The highest BCUT2D eigenvalue weighted by atomic mass is 35.5. The van der Waals surface area contributed by atoms with Crippen LogP contribution in [0.2, 0.25) is 5.02 Å². The standard InChI is InChI=1S/C24H26ClN3O4S/c1-14(2)26-22(29)15(3)33-24-27-20(12-16-6-9-18(31-4)10-7-16)23(30)28(24)17-8-11-19(25)21(13-17)32-5/h6-15H,1-5H3,(H,26,29)/b20-12-. The van der Waals surface area contributed by atoms with Crippen LogP contribution in [0.4, 0.5) is 5.69 Å². The van der Waals surface area contributed by atoms with Gasteiger partial charge in [-0.1, -0.05) is 35.5 Å². The van der Waals surface area contributed by atoms with E-state index in [-0.39, 0.29) is 23.6 Å². The van der Waals surface area contributed by atoms with Gasteiger partial charge in [0.2, 0.25) is 5.91 Å². The summed E-state index contributed by atoms with van der Waals surface area (Å²) in [6.07, 6.45) is 1.70. The first-order chi connectivity index (χ1) is 15.7. The van der Waals surface area contributed by atoms with Crippen molar-refractivity contribution < 1.29 is 19.1 Å². The number of nitrogens with one attached hydrogen (secondary N) is 1. The van der Waals surface area contributed by atoms with Gasteiger partial charge in [-0.05, 0) is 56.7 Å². The monoisotopic (exact) mass is 487 g/mol. The van der Waals surface area contributed by atoms with Crippen molar-refractivity contribution >= 4 is 52.1 Å². The maximum Gasteiger partial charge on any atom is 0.283 e. The minimum Gasteiger partial charge on any atom is -0.497 e. The summed E-state index contributed by atoms with van der Waals surface area (Å²) in [6.45, 7) is 5.57. The third-order valence-corrected chi connectivity index (χ3v) is 6.09. The van der Waals surface area contributed by atoms with Crippen molar-refractivity contribution in [2.75, 3.05) is 19.1 Å². The molecule has 9 heteroatoms. The molecule has 1 aliphatic heterocycles. The highest BCUT2D eigenvalue weighted by Gasteiger charge is 2.34. The fourth-order valence-corrected chi connectivity index (χ4v) is 4.19. The van der Waals surface area contributed by atoms with E-state index in [2.05, 4.69) is 10.3 Å². The number of thioether (sulfide) groups is 1. The summed E-state index contributed by atoms with van der Waals surface area (Å²) >= 11 is 7.38. The summed E-state index contributed by atoms with van der Waals surface area (Å²) in [4.78, 5) is 31.9. The molecule has 1 unspecified atom stereocenters. The normalized spacial score (nSPS) is 15.6. The maximum absolute atomic E-state index is 13.4. The Morgan fingerprint density at radius 2 is 1.82 bits per heavy atom. The van der Waals surface area contributed by atoms with Gasteiger partial charge < -0.3 is 14.8 Å². The fourth-order valence-electron chi connectivity index (χ4n) is 3.06. The number of hydrogen-bond donors (Lipinski definition) is 1. The van der Waals surface area contributed by atoms with E-state index in [1.165, 1.54) is 23.8 Å². The van der Waals surface area contributed by atoms with Gasteiger partial charge in [0.05, 0.1) is 30.2 Å². The molecule has 7 nitrogen and oxygen atoms in total. The molecule has 0 saturated heterocycles. The van der Waals surface area contributed by atoms with E-state index >= 15 is 0 Å². The van der Waals surface area contributed by atoms with Crippen LogP contribution in [0.25, 0.3) is 6.08 Å². The number of nitrogens with zero attached hydrogens (tertiary/aromatic N) is 2. The predicted molar refractivity (Wildman–Crippen MR) is 134 cm³/mol. The van der Waals surface area contributed by atoms with Gasteiger partial charge in [0.15, 0.2) is 5.17 Å². The van der Waals surface area contributed by atoms with Crippen molar-refractivity contribution in [3.05, 3.63) is 58.7 Å². The number of amidine groups is 1. The molecule has 3 rings (SSSR count). The molecule has 0 bridgehead atoms. The molecule has 0 radical (unpaired) electrons. The highest BCUT2D eigenvalue weighted by Crippen LogP contribution is 2.35. The second-order valence-corrected chi connectivity index (χ2v) is 9.30. The number of ether oxygens (including phenoxy) is 2. The van der Waals surface area contributed by atoms with Crippen molar-refractivity contribution in [3.8, 4) is 11.5 Å². The summed E-state index contributed by atoms with van der Waals surface area (Å²) < 4.78 is 10.5. The molecular weight excluding hydrogens is 462 g/mol. The van der Waals surface area contributed by atoms with E-state index in [1.54, 1.807) is 38.3 Å². The van der Waals surface area contributed by atoms with Crippen LogP contribution in [0, 0.1) is 0 Å². The average Bonchev–Trinajstić information content (AvgIpc) is 3.08. The SMILES string of the molecule is COc1ccc(/C=C2\N=C(SC(C)C(=O)NC(C)C)N(c3ccc(Cl)c(OC)c3)C2=O)cc1. The third kappa shape index (κ3) is 5.89. The lowest BCUT2D eigenvalue weighted by molar-refractivity contribution is -0.120. The lowest BCUT2D eigenvalue weighted by Crippen LogP contribution is -2.38. The summed E-state index contributed by atoms with van der Waals surface area (Å²) in [5.74, 6) is 0.708. The maximum atomic E-state index is 13.4. The van der Waals surface area contributed by atoms with E-state index in [1.807, 2.05) is 38.1 Å². The number of hydrogen-bond acceptors (Lipinski definition) is 6. The van der Waals surface area contributed by atoms with Crippen LogP contribution >= 0.6 is 23.4 Å². The van der Waals surface area contributed by atoms with Crippen LogP contribution in [0.15, 0.2) is 53.2 Å². The Labute approximate surface area is 202 Å². The molecule has 0 aliphatic carbocycles. The van der Waals surface area contributed by atoms with Crippen molar-refractivity contribution in [1.29, 1.82) is 0 Å². The molecule has 1 aliphatic rings. The number of methoxy groups -OCH3 is 2. The van der Waals surface area contributed by atoms with Crippen LogP contribution in [-0.4, -0.2) is 42.5 Å². The predicted octanol–water partition coefficient (Wildman–Crippen LogP) is 4.75. The van der Waals surface area contributed by atoms with E-state index in [0.29, 0.717) is 21.6 Å². The topological polar surface area (TPSA) is 80.2 Å². The van der Waals surface area contributed by atoms with Gasteiger partial charge in [-0.2, -0.15) is 0 Å². The van der Waals surface area contributed by atoms with Crippen molar-refractivity contribution in [1.82, 2.24) is 5.32 Å². The summed E-state index contributed by atoms with van der Waals surface area (Å²) in [5, 5.41) is 3.25. The first-order valence-corrected chi connectivity index (χ1v) is 11.6. The molecule has 0 aromatic heterocycles. The molecule has 0 spiro atoms. The Morgan fingerprint density at radius 1 is 1.12 bits per heavy atom. The molecule has 2 amide bonds. The second kappa shape index (κ2) is 10.8. The number of benzene rings is 2. The number of carbonyl (C=O) groups excluding carboxylic acids is 2. The van der Waals surface area contributed by atoms with Crippen LogP contribution in [0.1, 0.15) is 26.3 Å². The largest absolute Gasteiger partial charge is 0.497 e. The third-order valence-electron chi connectivity index (χ3n) is 4.72. The minimum atomic E-state index is -0.462. The Morgan fingerprint density at radius 3 is 2.42 bits per heavy atom. The molecule has 1 heterocycles. The van der Waals surface area contributed by atoms with Crippen molar-refractivity contribution in [2.24, 2.45) is 4.99 Å². The van der Waals surface area contributed by atoms with Gasteiger partial charge in [0.1, 0.15) is 17.2 Å². The Kier molecular flexibility index (Phi) is 8.05. The van der Waals surface area contributed by atoms with Gasteiger partial charge in [-0.15, -0.1) is 0 Å². The molecule has 0 fully saturated rings. The van der Waals surface area contributed by atoms with E-state index < -0.39 is 5.25 Å². The Balaban J connectivity index is 1.98. The Hall–Kier alpha value is -2.97. The lowest BCUT2D eigenvalue weighted by atomic mass is 10.2. The van der Waals surface area contributed by atoms with Gasteiger partial charge >= 0.3 is 0 Å². The quantitative estimate of drug-likeness (QED) is 0.570. The molecule has 1 atom stereocenters. The number of halogens is 1. The fraction of sp³-hybridized carbons (Fsp3) is 0.292. The highest BCUT2D eigenvalue weighted by molar-refractivity contribution is 8.15. The smallest absolute Gasteiger partial charge is 0.283 e. The van der Waals surface area contributed by atoms with Gasteiger partial charge in [0, 0.05) is 12.1 Å². The summed E-state index contributed by atoms with van der Waals surface area (Å²) in [6, 6.07) is 12.4. The number of carbonyl (C=O) groups is 2. The molecule has 174 valence electrons. The van der Waals surface area contributed by atoms with Gasteiger partial charge in [0.25, 0.3) is 5.91 Å². The number of aliphatic imine (C=N–C) groups is 1. The Bertz CT molecular complexity index is 1100. The lowest BCUT2D eigenvalue weighted by Gasteiger charge is -2.21. The summed E-state index contributed by atoms with van der Waals surface area (Å²) in [5.41, 5.74) is 1.60. The molecule has 2 aromatic carbocycles. The van der Waals surface area contributed by atoms with Crippen LogP contribution in [0.5, 0.6) is 11.5 Å².